The third-order valence-electron chi connectivity index (χ3n) is 5.28. The first kappa shape index (κ1) is 19.1. The van der Waals surface area contributed by atoms with Crippen LogP contribution in [0, 0.1) is 6.92 Å². The van der Waals surface area contributed by atoms with Gasteiger partial charge in [0.05, 0.1) is 0 Å². The van der Waals surface area contributed by atoms with E-state index in [4.69, 9.17) is 0 Å². The minimum atomic E-state index is -0.0635. The summed E-state index contributed by atoms with van der Waals surface area (Å²) in [6.45, 7) is 3.34. The SMILES string of the molecule is Cc1nc(C(=O)N2CCCc3ccccc32)cc(N(C)CCc2ccncc2)n1. The van der Waals surface area contributed by atoms with E-state index in [2.05, 4.69) is 25.9 Å². The lowest BCUT2D eigenvalue weighted by Gasteiger charge is -2.29. The molecule has 0 unspecified atom stereocenters. The molecule has 0 saturated heterocycles. The minimum Gasteiger partial charge on any atom is -0.359 e. The Balaban J connectivity index is 1.55. The van der Waals surface area contributed by atoms with Gasteiger partial charge >= 0.3 is 0 Å². The molecule has 1 amide bonds. The van der Waals surface area contributed by atoms with E-state index in [1.807, 2.05) is 49.2 Å². The number of nitrogens with zero attached hydrogens (tertiary/aromatic N) is 5. The molecule has 0 fully saturated rings. The Morgan fingerprint density at radius 2 is 1.93 bits per heavy atom. The average molecular weight is 387 g/mol. The second-order valence-electron chi connectivity index (χ2n) is 7.37. The fourth-order valence-electron chi connectivity index (χ4n) is 3.70. The van der Waals surface area contributed by atoms with Crippen LogP contribution in [0.25, 0.3) is 0 Å². The molecule has 2 aromatic heterocycles. The van der Waals surface area contributed by atoms with Gasteiger partial charge in [-0.2, -0.15) is 0 Å². The standard InChI is InChI=1S/C23H25N5O/c1-17-25-20(23(29)28-14-5-7-19-6-3-4-8-21(19)28)16-22(26-17)27(2)15-11-18-9-12-24-13-10-18/h3-4,6,8-10,12-13,16H,5,7,11,14-15H2,1-2H3. The number of rotatable bonds is 5. The zero-order valence-electron chi connectivity index (χ0n) is 16.9. The molecule has 0 N–H and O–H groups in total. The van der Waals surface area contributed by atoms with Gasteiger partial charge in [-0.05, 0) is 55.5 Å². The zero-order valence-corrected chi connectivity index (χ0v) is 16.9. The number of hydrogen-bond acceptors (Lipinski definition) is 5. The zero-order chi connectivity index (χ0) is 20.2. The van der Waals surface area contributed by atoms with E-state index in [0.717, 1.165) is 37.3 Å². The number of hydrogen-bond donors (Lipinski definition) is 0. The summed E-state index contributed by atoms with van der Waals surface area (Å²) in [5, 5.41) is 0. The molecule has 29 heavy (non-hydrogen) atoms. The monoisotopic (exact) mass is 387 g/mol. The maximum atomic E-state index is 13.3. The molecular formula is C23H25N5O. The molecule has 6 heteroatoms. The predicted octanol–water partition coefficient (Wildman–Crippen LogP) is 3.45. The largest absolute Gasteiger partial charge is 0.359 e. The Bertz CT molecular complexity index is 1010. The molecule has 0 spiro atoms. The number of fused-ring (bicyclic) bond motifs is 1. The maximum Gasteiger partial charge on any atom is 0.277 e. The molecule has 0 aliphatic carbocycles. The fourth-order valence-corrected chi connectivity index (χ4v) is 3.70. The summed E-state index contributed by atoms with van der Waals surface area (Å²) < 4.78 is 0. The quantitative estimate of drug-likeness (QED) is 0.671. The minimum absolute atomic E-state index is 0.0635. The second-order valence-corrected chi connectivity index (χ2v) is 7.37. The van der Waals surface area contributed by atoms with Crippen LogP contribution in [0.4, 0.5) is 11.5 Å². The van der Waals surface area contributed by atoms with E-state index < -0.39 is 0 Å². The number of benzene rings is 1. The third kappa shape index (κ3) is 4.26. The normalized spacial score (nSPS) is 13.1. The van der Waals surface area contributed by atoms with Crippen molar-refractivity contribution >= 4 is 17.4 Å². The first-order chi connectivity index (χ1) is 14.1. The Kier molecular flexibility index (Phi) is 5.51. The number of amides is 1. The van der Waals surface area contributed by atoms with Crippen molar-refractivity contribution < 1.29 is 4.79 Å². The van der Waals surface area contributed by atoms with Crippen LogP contribution in [-0.4, -0.2) is 41.0 Å². The van der Waals surface area contributed by atoms with Crippen molar-refractivity contribution in [3.8, 4) is 0 Å². The number of pyridine rings is 1. The van der Waals surface area contributed by atoms with E-state index in [0.29, 0.717) is 18.1 Å². The molecule has 1 aliphatic rings. The lowest BCUT2D eigenvalue weighted by molar-refractivity contribution is 0.0980. The highest BCUT2D eigenvalue weighted by Crippen LogP contribution is 2.28. The van der Waals surface area contributed by atoms with Crippen LogP contribution in [0.3, 0.4) is 0 Å². The van der Waals surface area contributed by atoms with Crippen molar-refractivity contribution in [1.82, 2.24) is 15.0 Å². The number of aryl methyl sites for hydroxylation is 2. The highest BCUT2D eigenvalue weighted by molar-refractivity contribution is 6.05. The summed E-state index contributed by atoms with van der Waals surface area (Å²) in [5.74, 6) is 1.30. The summed E-state index contributed by atoms with van der Waals surface area (Å²) >= 11 is 0. The molecular weight excluding hydrogens is 362 g/mol. The summed E-state index contributed by atoms with van der Waals surface area (Å²) in [5.41, 5.74) is 3.87. The van der Waals surface area contributed by atoms with Crippen LogP contribution in [0.15, 0.2) is 54.9 Å². The van der Waals surface area contributed by atoms with E-state index in [1.54, 1.807) is 18.5 Å². The topological polar surface area (TPSA) is 62.2 Å². The van der Waals surface area contributed by atoms with Gasteiger partial charge in [-0.3, -0.25) is 9.78 Å². The Hall–Kier alpha value is -3.28. The van der Waals surface area contributed by atoms with Gasteiger partial charge in [-0.1, -0.05) is 18.2 Å². The molecule has 3 aromatic rings. The van der Waals surface area contributed by atoms with Crippen LogP contribution in [0.5, 0.6) is 0 Å². The van der Waals surface area contributed by atoms with Crippen molar-refractivity contribution in [2.75, 3.05) is 29.9 Å². The lowest BCUT2D eigenvalue weighted by Crippen LogP contribution is -2.36. The molecule has 0 atom stereocenters. The second kappa shape index (κ2) is 8.39. The summed E-state index contributed by atoms with van der Waals surface area (Å²) in [6.07, 6.45) is 6.46. The van der Waals surface area contributed by atoms with Gasteiger partial charge in [0.1, 0.15) is 17.3 Å². The van der Waals surface area contributed by atoms with Crippen molar-refractivity contribution in [3.05, 3.63) is 77.5 Å². The highest BCUT2D eigenvalue weighted by atomic mass is 16.2. The van der Waals surface area contributed by atoms with Crippen molar-refractivity contribution in [1.29, 1.82) is 0 Å². The first-order valence-corrected chi connectivity index (χ1v) is 9.97. The highest BCUT2D eigenvalue weighted by Gasteiger charge is 2.25. The molecule has 3 heterocycles. The Morgan fingerprint density at radius 1 is 1.14 bits per heavy atom. The number of aromatic nitrogens is 3. The number of carbonyl (C=O) groups excluding carboxylic acids is 1. The van der Waals surface area contributed by atoms with Gasteiger partial charge in [-0.25, -0.2) is 9.97 Å². The molecule has 6 nitrogen and oxygen atoms in total. The smallest absolute Gasteiger partial charge is 0.277 e. The number of anilines is 2. The Labute approximate surface area is 171 Å². The van der Waals surface area contributed by atoms with Gasteiger partial charge in [0, 0.05) is 44.3 Å². The van der Waals surface area contributed by atoms with Crippen molar-refractivity contribution in [2.45, 2.75) is 26.2 Å². The third-order valence-corrected chi connectivity index (χ3v) is 5.28. The maximum absolute atomic E-state index is 13.3. The van der Waals surface area contributed by atoms with E-state index >= 15 is 0 Å². The molecule has 0 bridgehead atoms. The molecule has 4 rings (SSSR count). The number of para-hydroxylation sites is 1. The summed E-state index contributed by atoms with van der Waals surface area (Å²) in [7, 11) is 1.99. The van der Waals surface area contributed by atoms with Crippen molar-refractivity contribution in [2.24, 2.45) is 0 Å². The van der Waals surface area contributed by atoms with Gasteiger partial charge in [0.25, 0.3) is 5.91 Å². The van der Waals surface area contributed by atoms with Crippen molar-refractivity contribution in [3.63, 3.8) is 0 Å². The lowest BCUT2D eigenvalue weighted by atomic mass is 10.0. The molecule has 1 aliphatic heterocycles. The van der Waals surface area contributed by atoms with Crippen LogP contribution in [0.2, 0.25) is 0 Å². The van der Waals surface area contributed by atoms with Crippen LogP contribution >= 0.6 is 0 Å². The number of likely N-dealkylation sites (N-methyl/N-ethyl adjacent to an activating group) is 1. The molecule has 0 radical (unpaired) electrons. The van der Waals surface area contributed by atoms with Crippen LogP contribution in [-0.2, 0) is 12.8 Å². The molecule has 148 valence electrons. The van der Waals surface area contributed by atoms with E-state index in [-0.39, 0.29) is 5.91 Å². The van der Waals surface area contributed by atoms with Crippen LogP contribution in [0.1, 0.15) is 33.9 Å². The summed E-state index contributed by atoms with van der Waals surface area (Å²) in [4.78, 5) is 30.2. The molecule has 1 aromatic carbocycles. The summed E-state index contributed by atoms with van der Waals surface area (Å²) in [6, 6.07) is 14.0. The molecule has 0 saturated carbocycles. The first-order valence-electron chi connectivity index (χ1n) is 9.97. The van der Waals surface area contributed by atoms with Gasteiger partial charge in [-0.15, -0.1) is 0 Å². The Morgan fingerprint density at radius 3 is 2.76 bits per heavy atom. The van der Waals surface area contributed by atoms with Crippen LogP contribution < -0.4 is 9.80 Å². The van der Waals surface area contributed by atoms with Gasteiger partial charge < -0.3 is 9.80 Å². The number of carbonyl (C=O) groups is 1. The van der Waals surface area contributed by atoms with E-state index in [9.17, 15) is 4.79 Å². The predicted molar refractivity (Wildman–Crippen MR) is 114 cm³/mol. The van der Waals surface area contributed by atoms with Gasteiger partial charge in [0.2, 0.25) is 0 Å². The van der Waals surface area contributed by atoms with E-state index in [1.165, 1.54) is 11.1 Å². The fraction of sp³-hybridized carbons (Fsp3) is 0.304. The van der Waals surface area contributed by atoms with Gasteiger partial charge in [0.15, 0.2) is 0 Å². The average Bonchev–Trinajstić information content (AvgIpc) is 2.77.